The van der Waals surface area contributed by atoms with Crippen molar-refractivity contribution < 1.29 is 4.74 Å². The predicted octanol–water partition coefficient (Wildman–Crippen LogP) is 1.27. The van der Waals surface area contributed by atoms with Gasteiger partial charge in [0, 0.05) is 12.6 Å². The molecule has 0 spiro atoms. The van der Waals surface area contributed by atoms with Gasteiger partial charge in [0.15, 0.2) is 0 Å². The Morgan fingerprint density at radius 2 is 2.21 bits per heavy atom. The molecule has 1 aliphatic heterocycles. The summed E-state index contributed by atoms with van der Waals surface area (Å²) in [6.07, 6.45) is 4.58. The molecule has 0 aromatic carbocycles. The maximum absolute atomic E-state index is 5.66. The lowest BCUT2D eigenvalue weighted by Crippen LogP contribution is -2.44. The third-order valence-electron chi connectivity index (χ3n) is 2.76. The fourth-order valence-corrected chi connectivity index (χ4v) is 1.98. The summed E-state index contributed by atoms with van der Waals surface area (Å²) in [6, 6.07) is 0.636. The summed E-state index contributed by atoms with van der Waals surface area (Å²) in [5, 5.41) is 3.58. The molecular weight excluding hydrogens is 176 g/mol. The molecule has 3 N–H and O–H groups in total. The number of nitrogens with two attached hydrogens (primary N) is 1. The van der Waals surface area contributed by atoms with Crippen LogP contribution in [0.15, 0.2) is 0 Å². The van der Waals surface area contributed by atoms with E-state index in [1.807, 2.05) is 0 Å². The van der Waals surface area contributed by atoms with Gasteiger partial charge < -0.3 is 15.8 Å². The van der Waals surface area contributed by atoms with E-state index in [-0.39, 0.29) is 5.60 Å². The van der Waals surface area contributed by atoms with Gasteiger partial charge in [-0.2, -0.15) is 0 Å². The molecule has 1 fully saturated rings. The third-order valence-corrected chi connectivity index (χ3v) is 2.76. The summed E-state index contributed by atoms with van der Waals surface area (Å²) in [6.45, 7) is 7.13. The molecular formula is C11H24N2O. The third kappa shape index (κ3) is 4.40. The molecule has 14 heavy (non-hydrogen) atoms. The van der Waals surface area contributed by atoms with Crippen molar-refractivity contribution in [3.8, 4) is 0 Å². The highest BCUT2D eigenvalue weighted by atomic mass is 16.5. The van der Waals surface area contributed by atoms with E-state index in [0.29, 0.717) is 6.04 Å². The van der Waals surface area contributed by atoms with Gasteiger partial charge >= 0.3 is 0 Å². The van der Waals surface area contributed by atoms with Gasteiger partial charge in [-0.05, 0) is 52.6 Å². The first kappa shape index (κ1) is 12.0. The fourth-order valence-electron chi connectivity index (χ4n) is 1.98. The largest absolute Gasteiger partial charge is 0.375 e. The summed E-state index contributed by atoms with van der Waals surface area (Å²) in [5.74, 6) is 0. The van der Waals surface area contributed by atoms with E-state index < -0.39 is 0 Å². The number of rotatable bonds is 5. The predicted molar refractivity (Wildman–Crippen MR) is 59.3 cm³/mol. The normalized spacial score (nSPS) is 26.4. The van der Waals surface area contributed by atoms with Crippen LogP contribution in [0.25, 0.3) is 0 Å². The van der Waals surface area contributed by atoms with Gasteiger partial charge in [0.2, 0.25) is 0 Å². The van der Waals surface area contributed by atoms with Crippen LogP contribution in [0.5, 0.6) is 0 Å². The SMILES string of the molecule is CC1(C)CC(NCCCCN)CCO1. The van der Waals surface area contributed by atoms with Gasteiger partial charge in [0.25, 0.3) is 0 Å². The van der Waals surface area contributed by atoms with E-state index in [1.54, 1.807) is 0 Å². The van der Waals surface area contributed by atoms with Crippen molar-refractivity contribution in [2.24, 2.45) is 5.73 Å². The van der Waals surface area contributed by atoms with Gasteiger partial charge in [0.1, 0.15) is 0 Å². The molecule has 3 nitrogen and oxygen atoms in total. The van der Waals surface area contributed by atoms with Crippen molar-refractivity contribution >= 4 is 0 Å². The first-order valence-corrected chi connectivity index (χ1v) is 5.71. The van der Waals surface area contributed by atoms with Gasteiger partial charge in [-0.15, -0.1) is 0 Å². The van der Waals surface area contributed by atoms with Crippen molar-refractivity contribution in [2.75, 3.05) is 19.7 Å². The van der Waals surface area contributed by atoms with E-state index in [1.165, 1.54) is 6.42 Å². The quantitative estimate of drug-likeness (QED) is 0.657. The van der Waals surface area contributed by atoms with Crippen LogP contribution >= 0.6 is 0 Å². The lowest BCUT2D eigenvalue weighted by Gasteiger charge is -2.36. The monoisotopic (exact) mass is 200 g/mol. The molecule has 0 radical (unpaired) electrons. The molecule has 1 rings (SSSR count). The summed E-state index contributed by atoms with van der Waals surface area (Å²) in [4.78, 5) is 0. The minimum atomic E-state index is 0.0593. The highest BCUT2D eigenvalue weighted by Gasteiger charge is 2.28. The maximum atomic E-state index is 5.66. The Hall–Kier alpha value is -0.120. The second-order valence-corrected chi connectivity index (χ2v) is 4.75. The topological polar surface area (TPSA) is 47.3 Å². The average molecular weight is 200 g/mol. The fraction of sp³-hybridized carbons (Fsp3) is 1.00. The van der Waals surface area contributed by atoms with Crippen LogP contribution < -0.4 is 11.1 Å². The first-order chi connectivity index (χ1) is 6.64. The van der Waals surface area contributed by atoms with Crippen LogP contribution in [0.1, 0.15) is 39.5 Å². The molecule has 84 valence electrons. The van der Waals surface area contributed by atoms with Crippen LogP contribution in [0.3, 0.4) is 0 Å². The van der Waals surface area contributed by atoms with Gasteiger partial charge in [0.05, 0.1) is 5.60 Å². The summed E-state index contributed by atoms with van der Waals surface area (Å²) < 4.78 is 5.66. The van der Waals surface area contributed by atoms with E-state index in [9.17, 15) is 0 Å². The zero-order valence-electron chi connectivity index (χ0n) is 9.51. The van der Waals surface area contributed by atoms with E-state index in [4.69, 9.17) is 10.5 Å². The standard InChI is InChI=1S/C11H24N2O/c1-11(2)9-10(5-8-14-11)13-7-4-3-6-12/h10,13H,3-9,12H2,1-2H3. The lowest BCUT2D eigenvalue weighted by atomic mass is 9.94. The highest BCUT2D eigenvalue weighted by molar-refractivity contribution is 4.82. The number of nitrogens with one attached hydrogen (secondary N) is 1. The van der Waals surface area contributed by atoms with Crippen molar-refractivity contribution in [2.45, 2.75) is 51.2 Å². The van der Waals surface area contributed by atoms with Crippen LogP contribution in [0.2, 0.25) is 0 Å². The number of unbranched alkanes of at least 4 members (excludes halogenated alkanes) is 1. The molecule has 0 aliphatic carbocycles. The van der Waals surface area contributed by atoms with Gasteiger partial charge in [-0.1, -0.05) is 0 Å². The molecule has 1 saturated heterocycles. The Balaban J connectivity index is 2.12. The van der Waals surface area contributed by atoms with Crippen LogP contribution in [-0.4, -0.2) is 31.3 Å². The summed E-state index contributed by atoms with van der Waals surface area (Å²) in [5.41, 5.74) is 5.50. The van der Waals surface area contributed by atoms with Crippen LogP contribution in [0, 0.1) is 0 Å². The number of hydrogen-bond acceptors (Lipinski definition) is 3. The zero-order chi connectivity index (χ0) is 10.4. The minimum Gasteiger partial charge on any atom is -0.375 e. The Morgan fingerprint density at radius 1 is 1.43 bits per heavy atom. The van der Waals surface area contributed by atoms with Crippen LogP contribution in [0.4, 0.5) is 0 Å². The Bertz CT molecular complexity index is 159. The molecule has 0 aromatic rings. The van der Waals surface area contributed by atoms with E-state index >= 15 is 0 Å². The highest BCUT2D eigenvalue weighted by Crippen LogP contribution is 2.23. The molecule has 3 heteroatoms. The minimum absolute atomic E-state index is 0.0593. The molecule has 0 saturated carbocycles. The lowest BCUT2D eigenvalue weighted by molar-refractivity contribution is -0.0627. The van der Waals surface area contributed by atoms with Gasteiger partial charge in [-0.25, -0.2) is 0 Å². The molecule has 0 amide bonds. The Kier molecular flexibility index (Phi) is 4.85. The second kappa shape index (κ2) is 5.69. The van der Waals surface area contributed by atoms with Crippen molar-refractivity contribution in [3.05, 3.63) is 0 Å². The molecule has 1 aliphatic rings. The summed E-state index contributed by atoms with van der Waals surface area (Å²) >= 11 is 0. The van der Waals surface area contributed by atoms with Crippen molar-refractivity contribution in [3.63, 3.8) is 0 Å². The Morgan fingerprint density at radius 3 is 2.86 bits per heavy atom. The Labute approximate surface area is 87.4 Å². The van der Waals surface area contributed by atoms with Crippen molar-refractivity contribution in [1.82, 2.24) is 5.32 Å². The first-order valence-electron chi connectivity index (χ1n) is 5.71. The average Bonchev–Trinajstić information content (AvgIpc) is 2.11. The molecule has 1 heterocycles. The molecule has 1 unspecified atom stereocenters. The van der Waals surface area contributed by atoms with Crippen LogP contribution in [-0.2, 0) is 4.74 Å². The van der Waals surface area contributed by atoms with Gasteiger partial charge in [-0.3, -0.25) is 0 Å². The molecule has 0 aromatic heterocycles. The second-order valence-electron chi connectivity index (χ2n) is 4.75. The molecule has 1 atom stereocenters. The number of hydrogen-bond donors (Lipinski definition) is 2. The molecule has 0 bridgehead atoms. The zero-order valence-corrected chi connectivity index (χ0v) is 9.51. The van der Waals surface area contributed by atoms with E-state index in [0.717, 1.165) is 39.0 Å². The summed E-state index contributed by atoms with van der Waals surface area (Å²) in [7, 11) is 0. The number of ether oxygens (including phenoxy) is 1. The maximum Gasteiger partial charge on any atom is 0.0641 e. The smallest absolute Gasteiger partial charge is 0.0641 e. The van der Waals surface area contributed by atoms with Crippen molar-refractivity contribution in [1.29, 1.82) is 0 Å². The van der Waals surface area contributed by atoms with E-state index in [2.05, 4.69) is 19.2 Å².